The van der Waals surface area contributed by atoms with Crippen LogP contribution in [0.5, 0.6) is 0 Å². The average molecular weight is 251 g/mol. The first-order chi connectivity index (χ1) is 8.76. The highest BCUT2D eigenvalue weighted by Gasteiger charge is 2.20. The van der Waals surface area contributed by atoms with E-state index in [1.807, 2.05) is 0 Å². The van der Waals surface area contributed by atoms with Crippen molar-refractivity contribution < 1.29 is 4.39 Å². The van der Waals surface area contributed by atoms with E-state index in [1.54, 1.807) is 12.3 Å². The summed E-state index contributed by atoms with van der Waals surface area (Å²) in [5.41, 5.74) is 6.09. The van der Waals surface area contributed by atoms with Crippen molar-refractivity contribution in [3.63, 3.8) is 0 Å². The van der Waals surface area contributed by atoms with Crippen molar-refractivity contribution >= 4 is 5.82 Å². The van der Waals surface area contributed by atoms with Crippen LogP contribution in [0.25, 0.3) is 0 Å². The van der Waals surface area contributed by atoms with Crippen molar-refractivity contribution in [3.8, 4) is 0 Å². The van der Waals surface area contributed by atoms with E-state index in [0.717, 1.165) is 31.8 Å². The van der Waals surface area contributed by atoms with Crippen molar-refractivity contribution in [2.45, 2.75) is 39.2 Å². The monoisotopic (exact) mass is 251 g/mol. The third kappa shape index (κ3) is 2.80. The number of hydrogen-bond donors (Lipinski definition) is 1. The minimum absolute atomic E-state index is 0.229. The van der Waals surface area contributed by atoms with Crippen molar-refractivity contribution in [2.75, 3.05) is 18.0 Å². The van der Waals surface area contributed by atoms with Gasteiger partial charge in [0.25, 0.3) is 0 Å². The molecule has 1 unspecified atom stereocenters. The second-order valence-corrected chi connectivity index (χ2v) is 5.00. The van der Waals surface area contributed by atoms with E-state index in [0.29, 0.717) is 11.4 Å². The number of hydrogen-bond acceptors (Lipinski definition) is 3. The van der Waals surface area contributed by atoms with Gasteiger partial charge in [-0.25, -0.2) is 9.37 Å². The molecule has 1 aliphatic rings. The summed E-state index contributed by atoms with van der Waals surface area (Å²) in [5.74, 6) is 1.01. The fourth-order valence-corrected chi connectivity index (χ4v) is 2.63. The summed E-state index contributed by atoms with van der Waals surface area (Å²) in [6.45, 7) is 4.26. The Morgan fingerprint density at radius 1 is 1.44 bits per heavy atom. The fraction of sp³-hybridized carbons (Fsp3) is 0.643. The Balaban J connectivity index is 2.16. The maximum absolute atomic E-state index is 14.2. The Kier molecular flexibility index (Phi) is 4.53. The second kappa shape index (κ2) is 6.14. The van der Waals surface area contributed by atoms with E-state index in [1.165, 1.54) is 12.8 Å². The van der Waals surface area contributed by atoms with Crippen LogP contribution in [0.1, 0.15) is 38.2 Å². The summed E-state index contributed by atoms with van der Waals surface area (Å²) in [7, 11) is 0. The van der Waals surface area contributed by atoms with Gasteiger partial charge in [-0.2, -0.15) is 0 Å². The first kappa shape index (κ1) is 13.3. The van der Waals surface area contributed by atoms with Crippen LogP contribution in [0, 0.1) is 11.7 Å². The van der Waals surface area contributed by atoms with Crippen LogP contribution in [0.3, 0.4) is 0 Å². The molecule has 0 spiro atoms. The number of nitrogens with two attached hydrogens (primary N) is 1. The summed E-state index contributed by atoms with van der Waals surface area (Å²) in [4.78, 5) is 6.27. The van der Waals surface area contributed by atoms with Gasteiger partial charge >= 0.3 is 0 Å². The van der Waals surface area contributed by atoms with Crippen molar-refractivity contribution in [1.82, 2.24) is 4.98 Å². The lowest BCUT2D eigenvalue weighted by Crippen LogP contribution is -2.26. The minimum Gasteiger partial charge on any atom is -0.354 e. The van der Waals surface area contributed by atoms with Crippen LogP contribution in [0.4, 0.5) is 10.2 Å². The summed E-state index contributed by atoms with van der Waals surface area (Å²) in [5, 5.41) is 0. The van der Waals surface area contributed by atoms with Gasteiger partial charge in [-0.3, -0.25) is 0 Å². The van der Waals surface area contributed by atoms with Crippen LogP contribution in [-0.2, 0) is 6.54 Å². The summed E-state index contributed by atoms with van der Waals surface area (Å²) in [6.07, 6.45) is 6.36. The van der Waals surface area contributed by atoms with Crippen LogP contribution in [-0.4, -0.2) is 18.1 Å². The van der Waals surface area contributed by atoms with Gasteiger partial charge < -0.3 is 10.6 Å². The molecule has 1 aromatic heterocycles. The molecule has 4 heteroatoms. The fourth-order valence-electron chi connectivity index (χ4n) is 2.63. The van der Waals surface area contributed by atoms with Crippen molar-refractivity contribution in [1.29, 1.82) is 0 Å². The summed E-state index contributed by atoms with van der Waals surface area (Å²) >= 11 is 0. The van der Waals surface area contributed by atoms with Crippen LogP contribution < -0.4 is 10.6 Å². The molecular weight excluding hydrogens is 229 g/mol. The normalized spacial score (nSPS) is 20.8. The van der Waals surface area contributed by atoms with Crippen molar-refractivity contribution in [2.24, 2.45) is 11.7 Å². The highest BCUT2D eigenvalue weighted by Crippen LogP contribution is 2.25. The SMILES string of the molecule is CCC1CCCN(c2nccc(CN)c2F)CC1. The molecule has 3 nitrogen and oxygen atoms in total. The standard InChI is InChI=1S/C14H22FN3/c1-2-11-4-3-8-18(9-6-11)14-13(15)12(10-16)5-7-17-14/h5,7,11H,2-4,6,8-10,16H2,1H3. The predicted octanol–water partition coefficient (Wildman–Crippen LogP) is 2.70. The molecule has 1 fully saturated rings. The Bertz CT molecular complexity index is 395. The van der Waals surface area contributed by atoms with Gasteiger partial charge in [-0.1, -0.05) is 13.3 Å². The van der Waals surface area contributed by atoms with E-state index in [9.17, 15) is 4.39 Å². The molecule has 0 radical (unpaired) electrons. The highest BCUT2D eigenvalue weighted by molar-refractivity contribution is 5.43. The van der Waals surface area contributed by atoms with Crippen LogP contribution >= 0.6 is 0 Å². The molecule has 1 atom stereocenters. The first-order valence-corrected chi connectivity index (χ1v) is 6.84. The quantitative estimate of drug-likeness (QED) is 0.898. The van der Waals surface area contributed by atoms with E-state index >= 15 is 0 Å². The number of anilines is 1. The van der Waals surface area contributed by atoms with Gasteiger partial charge in [0.05, 0.1) is 0 Å². The first-order valence-electron chi connectivity index (χ1n) is 6.84. The molecule has 100 valence electrons. The maximum Gasteiger partial charge on any atom is 0.170 e. The Morgan fingerprint density at radius 3 is 3.00 bits per heavy atom. The topological polar surface area (TPSA) is 42.2 Å². The molecule has 0 saturated carbocycles. The van der Waals surface area contributed by atoms with E-state index in [-0.39, 0.29) is 12.4 Å². The maximum atomic E-state index is 14.2. The zero-order valence-electron chi connectivity index (χ0n) is 11.0. The zero-order chi connectivity index (χ0) is 13.0. The molecule has 2 heterocycles. The lowest BCUT2D eigenvalue weighted by atomic mass is 9.98. The largest absolute Gasteiger partial charge is 0.354 e. The Hall–Kier alpha value is -1.16. The molecule has 2 N–H and O–H groups in total. The summed E-state index contributed by atoms with van der Waals surface area (Å²) in [6, 6.07) is 1.66. The zero-order valence-corrected chi connectivity index (χ0v) is 11.0. The molecule has 1 aliphatic heterocycles. The average Bonchev–Trinajstić information content (AvgIpc) is 2.64. The molecule has 0 aliphatic carbocycles. The number of halogens is 1. The lowest BCUT2D eigenvalue weighted by Gasteiger charge is -2.22. The number of aromatic nitrogens is 1. The molecule has 18 heavy (non-hydrogen) atoms. The molecule has 0 aromatic carbocycles. The molecule has 0 bridgehead atoms. The number of pyridine rings is 1. The van der Waals surface area contributed by atoms with Gasteiger partial charge in [-0.15, -0.1) is 0 Å². The van der Waals surface area contributed by atoms with Crippen molar-refractivity contribution in [3.05, 3.63) is 23.6 Å². The molecule has 2 rings (SSSR count). The Morgan fingerprint density at radius 2 is 2.28 bits per heavy atom. The highest BCUT2D eigenvalue weighted by atomic mass is 19.1. The number of rotatable bonds is 3. The molecule has 0 amide bonds. The molecular formula is C14H22FN3. The molecule has 1 saturated heterocycles. The second-order valence-electron chi connectivity index (χ2n) is 5.00. The van der Waals surface area contributed by atoms with Gasteiger partial charge in [0, 0.05) is 31.4 Å². The van der Waals surface area contributed by atoms with E-state index < -0.39 is 0 Å². The van der Waals surface area contributed by atoms with Gasteiger partial charge in [-0.05, 0) is 31.2 Å². The van der Waals surface area contributed by atoms with Gasteiger partial charge in [0.15, 0.2) is 11.6 Å². The van der Waals surface area contributed by atoms with Gasteiger partial charge in [0.2, 0.25) is 0 Å². The third-order valence-electron chi connectivity index (χ3n) is 3.90. The van der Waals surface area contributed by atoms with Gasteiger partial charge in [0.1, 0.15) is 0 Å². The Labute approximate surface area is 108 Å². The molecule has 1 aromatic rings. The lowest BCUT2D eigenvalue weighted by molar-refractivity contribution is 0.459. The smallest absolute Gasteiger partial charge is 0.170 e. The van der Waals surface area contributed by atoms with Crippen LogP contribution in [0.2, 0.25) is 0 Å². The number of nitrogens with zero attached hydrogens (tertiary/aromatic N) is 2. The minimum atomic E-state index is -0.241. The van der Waals surface area contributed by atoms with E-state index in [2.05, 4.69) is 16.8 Å². The summed E-state index contributed by atoms with van der Waals surface area (Å²) < 4.78 is 14.2. The van der Waals surface area contributed by atoms with Crippen LogP contribution in [0.15, 0.2) is 12.3 Å². The predicted molar refractivity (Wildman–Crippen MR) is 71.9 cm³/mol. The van der Waals surface area contributed by atoms with E-state index in [4.69, 9.17) is 5.73 Å². The third-order valence-corrected chi connectivity index (χ3v) is 3.90.